The first-order valence-corrected chi connectivity index (χ1v) is 31.0. The zero-order chi connectivity index (χ0) is 53.6. The quantitative estimate of drug-likeness (QED) is 0.0768. The minimum Gasteiger partial charge on any atom is -0.0587 e. The summed E-state index contributed by atoms with van der Waals surface area (Å²) in [4.78, 5) is 0. The number of hydrogen-bond acceptors (Lipinski definition) is 0. The van der Waals surface area contributed by atoms with Crippen LogP contribution in [0.25, 0.3) is 0 Å². The molecule has 0 radical (unpaired) electrons. The van der Waals surface area contributed by atoms with E-state index in [2.05, 4.69) is 242 Å². The van der Waals surface area contributed by atoms with Crippen LogP contribution in [0, 0.1) is 20.8 Å². The third-order valence-corrected chi connectivity index (χ3v) is 21.8. The summed E-state index contributed by atoms with van der Waals surface area (Å²) in [6.07, 6.45) is 0. The Kier molecular flexibility index (Phi) is 19.6. The van der Waals surface area contributed by atoms with Gasteiger partial charge < -0.3 is 0 Å². The molecular formula is C69H102P2. The Morgan fingerprint density at radius 1 is 0.211 bits per heavy atom. The molecule has 0 aliphatic carbocycles. The normalized spacial score (nSPS) is 12.8. The number of aryl methyl sites for hydroxylation is 2. The molecule has 0 N–H and O–H groups in total. The second kappa shape index (κ2) is 23.7. The van der Waals surface area contributed by atoms with Crippen LogP contribution < -0.4 is 31.8 Å². The van der Waals surface area contributed by atoms with Crippen LogP contribution in [0.15, 0.2) is 54.6 Å². The van der Waals surface area contributed by atoms with Crippen molar-refractivity contribution in [1.29, 1.82) is 0 Å². The van der Waals surface area contributed by atoms with Gasteiger partial charge in [-0.05, 0) is 223 Å². The molecule has 0 aromatic heterocycles. The Morgan fingerprint density at radius 2 is 0.366 bits per heavy atom. The molecule has 5 aromatic carbocycles. The number of benzene rings is 5. The van der Waals surface area contributed by atoms with Gasteiger partial charge in [0.2, 0.25) is 0 Å². The fourth-order valence-electron chi connectivity index (χ4n) is 11.2. The average molecular weight is 994 g/mol. The third kappa shape index (κ3) is 12.1. The fraction of sp³-hybridized carbons (Fsp3) is 0.565. The Balaban J connectivity index is 2.26. The maximum atomic E-state index is 2.67. The molecule has 0 spiro atoms. The van der Waals surface area contributed by atoms with E-state index in [9.17, 15) is 0 Å². The molecule has 0 fully saturated rings. The smallest absolute Gasteiger partial charge is 0.00812 e. The fourth-order valence-corrected chi connectivity index (χ4v) is 19.0. The largest absolute Gasteiger partial charge is 0.0587 e. The lowest BCUT2D eigenvalue weighted by atomic mass is 9.89. The van der Waals surface area contributed by atoms with E-state index in [0.29, 0.717) is 71.0 Å². The standard InChI is InChI=1S/C69H102P2/c1-37(2)52-29-56(41(9)10)66(57(30-52)42(11)12)70(67-58(43(13)14)31-53(38(3)4)32-59(67)44(15)16)64-49(25)28-50(26)65(51(64)27)71(68-60(45(17)18)33-54(39(5)6)34-61(68)46(19)20)69-62(47(21)22)35-55(40(7)8)36-63(69)48(23)24/h28-48H,1-27H3. The Hall–Kier alpha value is -3.04. The predicted octanol–water partition coefficient (Wildman–Crippen LogP) is 19.6. The molecule has 0 bridgehead atoms. The Bertz CT molecular complexity index is 2210. The van der Waals surface area contributed by atoms with Crippen molar-refractivity contribution in [2.24, 2.45) is 0 Å². The maximum Gasteiger partial charge on any atom is -0.00812 e. The molecule has 71 heavy (non-hydrogen) atoms. The summed E-state index contributed by atoms with van der Waals surface area (Å²) in [5.41, 5.74) is 22.7. The van der Waals surface area contributed by atoms with E-state index < -0.39 is 15.8 Å². The van der Waals surface area contributed by atoms with Crippen LogP contribution in [0.5, 0.6) is 0 Å². The molecule has 0 unspecified atom stereocenters. The molecular weight excluding hydrogens is 891 g/mol. The summed E-state index contributed by atoms with van der Waals surface area (Å²) < 4.78 is 0. The molecule has 0 atom stereocenters. The summed E-state index contributed by atoms with van der Waals surface area (Å²) >= 11 is 0. The van der Waals surface area contributed by atoms with Crippen molar-refractivity contribution < 1.29 is 0 Å². The number of hydrogen-bond donors (Lipinski definition) is 0. The highest BCUT2D eigenvalue weighted by atomic mass is 31.1. The van der Waals surface area contributed by atoms with Crippen molar-refractivity contribution in [3.05, 3.63) is 138 Å². The van der Waals surface area contributed by atoms with Crippen LogP contribution >= 0.6 is 15.8 Å². The van der Waals surface area contributed by atoms with Crippen LogP contribution in [-0.4, -0.2) is 0 Å². The molecule has 0 aliphatic heterocycles. The third-order valence-electron chi connectivity index (χ3n) is 15.6. The summed E-state index contributed by atoms with van der Waals surface area (Å²) in [5, 5.41) is 9.70. The monoisotopic (exact) mass is 993 g/mol. The minimum absolute atomic E-state index is 0.372. The molecule has 2 heteroatoms. The second-order valence-electron chi connectivity index (χ2n) is 25.6. The van der Waals surface area contributed by atoms with Gasteiger partial charge in [0.05, 0.1) is 0 Å². The number of rotatable bonds is 18. The van der Waals surface area contributed by atoms with Crippen molar-refractivity contribution in [3.8, 4) is 0 Å². The highest BCUT2D eigenvalue weighted by molar-refractivity contribution is 7.82. The zero-order valence-electron chi connectivity index (χ0n) is 50.5. The van der Waals surface area contributed by atoms with Crippen LogP contribution in [0.3, 0.4) is 0 Å². The van der Waals surface area contributed by atoms with E-state index in [1.807, 2.05) is 0 Å². The van der Waals surface area contributed by atoms with Gasteiger partial charge in [0.1, 0.15) is 0 Å². The Morgan fingerprint density at radius 3 is 0.493 bits per heavy atom. The second-order valence-corrected chi connectivity index (χ2v) is 29.6. The van der Waals surface area contributed by atoms with Crippen molar-refractivity contribution in [2.45, 2.75) is 258 Å². The summed E-state index contributed by atoms with van der Waals surface area (Å²) in [5.74, 6) is 4.78. The van der Waals surface area contributed by atoms with Crippen molar-refractivity contribution >= 4 is 47.7 Å². The molecule has 388 valence electrons. The zero-order valence-corrected chi connectivity index (χ0v) is 52.3. The first-order valence-electron chi connectivity index (χ1n) is 28.4. The van der Waals surface area contributed by atoms with E-state index in [1.165, 1.54) is 38.9 Å². The topological polar surface area (TPSA) is 0 Å². The summed E-state index contributed by atoms with van der Waals surface area (Å²) in [6, 6.07) is 23.8. The van der Waals surface area contributed by atoms with E-state index in [0.717, 1.165) is 0 Å². The van der Waals surface area contributed by atoms with Gasteiger partial charge in [0.25, 0.3) is 0 Å². The first-order chi connectivity index (χ1) is 32.9. The van der Waals surface area contributed by atoms with Crippen LogP contribution in [0.2, 0.25) is 0 Å². The lowest BCUT2D eigenvalue weighted by Crippen LogP contribution is -2.39. The van der Waals surface area contributed by atoms with E-state index in [1.54, 1.807) is 76.3 Å². The van der Waals surface area contributed by atoms with E-state index >= 15 is 0 Å². The minimum atomic E-state index is -1.05. The predicted molar refractivity (Wildman–Crippen MR) is 327 cm³/mol. The van der Waals surface area contributed by atoms with Crippen LogP contribution in [0.4, 0.5) is 0 Å². The van der Waals surface area contributed by atoms with Crippen LogP contribution in [0.1, 0.15) is 321 Å². The van der Waals surface area contributed by atoms with Crippen molar-refractivity contribution in [2.75, 3.05) is 0 Å². The van der Waals surface area contributed by atoms with Gasteiger partial charge in [-0.2, -0.15) is 0 Å². The summed E-state index contributed by atoms with van der Waals surface area (Å²) in [6.45, 7) is 66.2. The van der Waals surface area contributed by atoms with E-state index in [4.69, 9.17) is 0 Å². The van der Waals surface area contributed by atoms with Gasteiger partial charge in [-0.15, -0.1) is 0 Å². The average Bonchev–Trinajstić information content (AvgIpc) is 3.27. The van der Waals surface area contributed by atoms with Gasteiger partial charge in [-0.25, -0.2) is 0 Å². The maximum absolute atomic E-state index is 2.67. The summed E-state index contributed by atoms with van der Waals surface area (Å²) in [7, 11) is -2.11. The molecule has 0 saturated carbocycles. The Labute approximate surface area is 441 Å². The van der Waals surface area contributed by atoms with Crippen LogP contribution in [-0.2, 0) is 0 Å². The highest BCUT2D eigenvalue weighted by Gasteiger charge is 2.38. The molecule has 0 nitrogen and oxygen atoms in total. The molecule has 0 amide bonds. The molecule has 0 aliphatic rings. The van der Waals surface area contributed by atoms with Gasteiger partial charge in [0.15, 0.2) is 0 Å². The SMILES string of the molecule is Cc1cc(C)c(P(c2c(C(C)C)cc(C(C)C)cc2C(C)C)c2c(C(C)C)cc(C(C)C)cc2C(C)C)c(C)c1P(c1c(C(C)C)cc(C(C)C)cc1C(C)C)c1c(C(C)C)cc(C(C)C)cc1C(C)C. The van der Waals surface area contributed by atoms with Crippen molar-refractivity contribution in [1.82, 2.24) is 0 Å². The lowest BCUT2D eigenvalue weighted by Gasteiger charge is -2.38. The highest BCUT2D eigenvalue weighted by Crippen LogP contribution is 2.51. The van der Waals surface area contributed by atoms with Gasteiger partial charge in [0, 0.05) is 0 Å². The molecule has 5 aromatic rings. The van der Waals surface area contributed by atoms with Gasteiger partial charge in [-0.3, -0.25) is 0 Å². The molecule has 5 rings (SSSR count). The van der Waals surface area contributed by atoms with Crippen molar-refractivity contribution in [3.63, 3.8) is 0 Å². The first kappa shape index (κ1) is 58.8. The van der Waals surface area contributed by atoms with E-state index in [-0.39, 0.29) is 0 Å². The van der Waals surface area contributed by atoms with Gasteiger partial charge in [-0.1, -0.05) is 221 Å². The molecule has 0 saturated heterocycles. The molecule has 0 heterocycles. The lowest BCUT2D eigenvalue weighted by molar-refractivity contribution is 0.811. The van der Waals surface area contributed by atoms with Gasteiger partial charge >= 0.3 is 0 Å².